The van der Waals surface area contributed by atoms with Gasteiger partial charge in [0.05, 0.1) is 62.2 Å². The highest BCUT2D eigenvalue weighted by molar-refractivity contribution is 6.03. The second-order valence-corrected chi connectivity index (χ2v) is 23.9. The molecule has 4 aromatic carbocycles. The molecule has 0 radical (unpaired) electrons. The molecule has 2 amide bonds. The van der Waals surface area contributed by atoms with Gasteiger partial charge in [0.1, 0.15) is 43.0 Å². The third-order valence-electron chi connectivity index (χ3n) is 17.6. The number of aromatic nitrogens is 2. The van der Waals surface area contributed by atoms with E-state index in [0.717, 1.165) is 160 Å². The summed E-state index contributed by atoms with van der Waals surface area (Å²) in [6.45, 7) is 19.2. The van der Waals surface area contributed by atoms with Gasteiger partial charge in [0, 0.05) is 76.8 Å². The van der Waals surface area contributed by atoms with Crippen LogP contribution < -0.4 is 40.6 Å². The SMILES string of the molecule is CCCCc1cc2c(c3c1NCCC3)Oc1c3c4c(cc1=C2c1ccc(C(=O)NCCOCCOCCOCCOc2ccc(-c5nnc(C)c6c5CCCC(OC(=O)NCC(C)(C)C(C)C)CC6)cc2)cc1C(=O)O)CCC[N+]=4CCC3. The van der Waals surface area contributed by atoms with Crippen LogP contribution in [0, 0.1) is 18.3 Å². The number of hydrogen-bond donors (Lipinski definition) is 4. The normalized spacial score (nSPS) is 16.2. The fraction of sp³-hybridized carbons (Fsp3) is 0.522. The van der Waals surface area contributed by atoms with Gasteiger partial charge in [0.2, 0.25) is 5.36 Å². The summed E-state index contributed by atoms with van der Waals surface area (Å²) in [6, 6.07) is 17.5. The van der Waals surface area contributed by atoms with Crippen LogP contribution in [-0.2, 0) is 57.5 Å². The van der Waals surface area contributed by atoms with Gasteiger partial charge >= 0.3 is 12.1 Å². The zero-order valence-electron chi connectivity index (χ0n) is 49.7. The number of alkyl carbamates (subject to hydrolysis) is 1. The largest absolute Gasteiger partial charge is 0.491 e. The van der Waals surface area contributed by atoms with Crippen LogP contribution in [0.4, 0.5) is 10.5 Å². The van der Waals surface area contributed by atoms with E-state index in [1.807, 2.05) is 37.3 Å². The molecule has 0 bridgehead atoms. The number of nitrogens with zero attached hydrogens (tertiary/aromatic N) is 3. The number of aryl methyl sites for hydroxylation is 3. The summed E-state index contributed by atoms with van der Waals surface area (Å²) in [7, 11) is 0. The molecule has 0 saturated heterocycles. The van der Waals surface area contributed by atoms with Gasteiger partial charge < -0.3 is 49.5 Å². The van der Waals surface area contributed by atoms with E-state index in [1.165, 1.54) is 50.5 Å². The summed E-state index contributed by atoms with van der Waals surface area (Å²) in [6.07, 6.45) is 12.4. The molecule has 16 nitrogen and oxygen atoms in total. The van der Waals surface area contributed by atoms with Crippen molar-refractivity contribution in [2.24, 2.45) is 11.3 Å². The molecule has 0 spiro atoms. The van der Waals surface area contributed by atoms with Crippen molar-refractivity contribution < 1.29 is 47.9 Å². The molecular weight excluding hydrogens is 1050 g/mol. The Balaban J connectivity index is 0.669. The van der Waals surface area contributed by atoms with Gasteiger partial charge in [0.25, 0.3) is 5.91 Å². The third kappa shape index (κ3) is 13.7. The Morgan fingerprint density at radius 1 is 0.783 bits per heavy atom. The molecule has 1 unspecified atom stereocenters. The van der Waals surface area contributed by atoms with Crippen molar-refractivity contribution in [1.29, 1.82) is 0 Å². The van der Waals surface area contributed by atoms with E-state index in [-0.39, 0.29) is 47.8 Å². The van der Waals surface area contributed by atoms with E-state index < -0.39 is 5.97 Å². The number of unbranched alkanes of at least 4 members (excludes halogenated alkanes) is 1. The molecule has 10 rings (SSSR count). The molecule has 442 valence electrons. The maximum atomic E-state index is 13.6. The number of rotatable bonds is 24. The van der Waals surface area contributed by atoms with E-state index in [1.54, 1.807) is 6.07 Å². The van der Waals surface area contributed by atoms with Crippen LogP contribution in [0.25, 0.3) is 16.8 Å². The van der Waals surface area contributed by atoms with Crippen molar-refractivity contribution in [2.75, 3.05) is 84.3 Å². The minimum atomic E-state index is -1.09. The number of amides is 2. The lowest BCUT2D eigenvalue weighted by Crippen LogP contribution is -2.45. The molecule has 4 aliphatic heterocycles. The van der Waals surface area contributed by atoms with Crippen molar-refractivity contribution in [1.82, 2.24) is 25.4 Å². The highest BCUT2D eigenvalue weighted by Gasteiger charge is 2.35. The quantitative estimate of drug-likeness (QED) is 0.0331. The minimum Gasteiger partial charge on any atom is -0.491 e. The number of ether oxygens (including phenoxy) is 6. The van der Waals surface area contributed by atoms with Crippen molar-refractivity contribution in [3.05, 3.63) is 127 Å². The molecule has 1 aliphatic carbocycles. The predicted molar refractivity (Wildman–Crippen MR) is 321 cm³/mol. The lowest BCUT2D eigenvalue weighted by Gasteiger charge is -2.31. The molecule has 0 saturated carbocycles. The van der Waals surface area contributed by atoms with E-state index in [2.05, 4.69) is 77.5 Å². The van der Waals surface area contributed by atoms with Crippen LogP contribution in [0.3, 0.4) is 0 Å². The molecule has 5 aromatic rings. The fourth-order valence-electron chi connectivity index (χ4n) is 12.4. The zero-order valence-corrected chi connectivity index (χ0v) is 49.7. The predicted octanol–water partition coefficient (Wildman–Crippen LogP) is 9.49. The number of carboxylic acid groups (broad SMARTS) is 1. The first kappa shape index (κ1) is 59.3. The lowest BCUT2D eigenvalue weighted by molar-refractivity contribution is 0.00988. The van der Waals surface area contributed by atoms with Gasteiger partial charge in [-0.05, 0) is 160 Å². The number of carbonyl (C=O) groups excluding carboxylic acids is 2. The van der Waals surface area contributed by atoms with Crippen LogP contribution in [0.5, 0.6) is 17.2 Å². The number of hydrogen-bond acceptors (Lipinski definition) is 12. The van der Waals surface area contributed by atoms with Crippen LogP contribution in [0.15, 0.2) is 54.6 Å². The van der Waals surface area contributed by atoms with E-state index >= 15 is 0 Å². The summed E-state index contributed by atoms with van der Waals surface area (Å²) in [4.78, 5) is 39.7. The maximum absolute atomic E-state index is 13.6. The van der Waals surface area contributed by atoms with Crippen LogP contribution in [0.1, 0.15) is 157 Å². The van der Waals surface area contributed by atoms with Crippen molar-refractivity contribution in [3.63, 3.8) is 0 Å². The zero-order chi connectivity index (χ0) is 58.0. The van der Waals surface area contributed by atoms with Crippen LogP contribution >= 0.6 is 0 Å². The van der Waals surface area contributed by atoms with Crippen LogP contribution in [-0.4, -0.2) is 118 Å². The van der Waals surface area contributed by atoms with E-state index in [9.17, 15) is 19.5 Å². The van der Waals surface area contributed by atoms with Gasteiger partial charge in [-0.1, -0.05) is 47.1 Å². The first-order valence-electron chi connectivity index (χ1n) is 30.6. The summed E-state index contributed by atoms with van der Waals surface area (Å²) in [5.41, 5.74) is 14.0. The van der Waals surface area contributed by atoms with Gasteiger partial charge in [-0.2, -0.15) is 5.10 Å². The third-order valence-corrected chi connectivity index (χ3v) is 17.6. The maximum Gasteiger partial charge on any atom is 0.407 e. The second-order valence-electron chi connectivity index (χ2n) is 23.9. The number of anilines is 1. The van der Waals surface area contributed by atoms with E-state index in [0.29, 0.717) is 57.7 Å². The summed E-state index contributed by atoms with van der Waals surface area (Å²) in [5, 5.41) is 31.9. The fourth-order valence-corrected chi connectivity index (χ4v) is 12.4. The van der Waals surface area contributed by atoms with Gasteiger partial charge in [-0.25, -0.2) is 14.2 Å². The highest BCUT2D eigenvalue weighted by atomic mass is 16.6. The monoisotopic (exact) mass is 1130 g/mol. The molecule has 0 fully saturated rings. The van der Waals surface area contributed by atoms with Crippen molar-refractivity contribution >= 4 is 29.2 Å². The Kier molecular flexibility index (Phi) is 19.4. The number of benzene rings is 4. The summed E-state index contributed by atoms with van der Waals surface area (Å²) < 4.78 is 38.8. The average Bonchev–Trinajstić information content (AvgIpc) is 1.31. The van der Waals surface area contributed by atoms with Gasteiger partial charge in [-0.15, -0.1) is 5.10 Å². The standard InChI is InChI=1S/C67H84N6O10/c1-7-8-13-45-38-56-58(57-39-46-14-11-29-73-30-12-18-54(61(46)73)63(57)83-62(56)53-17-10-27-68-59(45)53)51-25-21-47(40-55(51)65(75)76)64(74)69-28-31-78-32-33-79-34-35-80-36-37-81-48-22-19-44(20-23-48)60-52-16-9-15-49(24-26-50(52)43(4)71-72-60)82-66(77)70-41-67(5,6)42(2)3/h19-23,25,38-40,42,49H,7-18,24,26-37,41H2,1-6H3,(H3,69,70,74,75,76,77)/p+1. The number of nitrogens with one attached hydrogen (secondary N) is 3. The molecule has 16 heteroatoms. The van der Waals surface area contributed by atoms with Crippen molar-refractivity contribution in [2.45, 2.75) is 138 Å². The molecule has 5 aliphatic rings. The minimum absolute atomic E-state index is 0.0136. The molecule has 5 heterocycles. The Bertz CT molecular complexity index is 3320. The molecule has 1 atom stereocenters. The lowest BCUT2D eigenvalue weighted by atomic mass is 9.81. The summed E-state index contributed by atoms with van der Waals surface area (Å²) in [5.74, 6) is 1.37. The van der Waals surface area contributed by atoms with Gasteiger partial charge in [-0.3, -0.25) is 4.79 Å². The molecular formula is C67H85N6O10+. The smallest absolute Gasteiger partial charge is 0.407 e. The van der Waals surface area contributed by atoms with Crippen molar-refractivity contribution in [3.8, 4) is 28.5 Å². The number of aromatic carboxylic acids is 1. The molecule has 1 aromatic heterocycles. The summed E-state index contributed by atoms with van der Waals surface area (Å²) >= 11 is 0. The van der Waals surface area contributed by atoms with E-state index in [4.69, 9.17) is 28.4 Å². The molecule has 4 N–H and O–H groups in total. The average molecular weight is 1130 g/mol. The Labute approximate surface area is 488 Å². The number of carboxylic acids is 1. The number of fused-ring (bicyclic) bond motifs is 6. The first-order chi connectivity index (χ1) is 40.3. The van der Waals surface area contributed by atoms with Gasteiger partial charge in [0.15, 0.2) is 0 Å². The van der Waals surface area contributed by atoms with Crippen LogP contribution in [0.2, 0.25) is 0 Å². The number of carbonyl (C=O) groups is 3. The topological polar surface area (TPSA) is 192 Å². The Morgan fingerprint density at radius 3 is 2.28 bits per heavy atom. The molecule has 83 heavy (non-hydrogen) atoms. The first-order valence-corrected chi connectivity index (χ1v) is 30.6. The Morgan fingerprint density at radius 2 is 1.52 bits per heavy atom. The second kappa shape index (κ2) is 27.2. The highest BCUT2D eigenvalue weighted by Crippen LogP contribution is 2.47. The Hall–Kier alpha value is -6.88.